The van der Waals surface area contributed by atoms with Crippen LogP contribution in [0.25, 0.3) is 0 Å². The van der Waals surface area contributed by atoms with E-state index in [4.69, 9.17) is 5.73 Å². The number of rotatable bonds is 6. The van der Waals surface area contributed by atoms with Crippen LogP contribution < -0.4 is 11.1 Å². The van der Waals surface area contributed by atoms with Gasteiger partial charge in [0.1, 0.15) is 6.61 Å². The minimum atomic E-state index is -2.46. The van der Waals surface area contributed by atoms with Crippen LogP contribution in [0.2, 0.25) is 0 Å². The largest absolute Gasteiger partial charge is 0.374 e. The number of halogens is 2. The molecule has 0 saturated heterocycles. The zero-order chi connectivity index (χ0) is 13.5. The van der Waals surface area contributed by atoms with Crippen LogP contribution in [0.4, 0.5) is 8.78 Å². The molecule has 106 valence electrons. The van der Waals surface area contributed by atoms with Crippen molar-refractivity contribution in [3.05, 3.63) is 0 Å². The number of alkyl halides is 2. The number of nitrogens with one attached hydrogen (secondary N) is 1. The maximum Gasteiger partial charge on any atom is 0.261 e. The molecular weight excluding hydrogens is 242 g/mol. The average molecular weight is 264 g/mol. The monoisotopic (exact) mass is 264 g/mol. The lowest BCUT2D eigenvalue weighted by atomic mass is 9.78. The van der Waals surface area contributed by atoms with Crippen molar-refractivity contribution in [2.75, 3.05) is 19.8 Å². The number of hydrogen-bond donors (Lipinski definition) is 2. The second-order valence-corrected chi connectivity index (χ2v) is 4.85. The van der Waals surface area contributed by atoms with E-state index < -0.39 is 13.0 Å². The molecule has 0 spiro atoms. The Kier molecular flexibility index (Phi) is 6.49. The summed E-state index contributed by atoms with van der Waals surface area (Å²) in [4.78, 5) is 11.9. The Morgan fingerprint density at radius 2 is 2.22 bits per heavy atom. The Labute approximate surface area is 106 Å². The number of amides is 1. The number of hydrogen-bond acceptors (Lipinski definition) is 3. The molecule has 1 amide bonds. The quantitative estimate of drug-likeness (QED) is 0.707. The number of carbonyl (C=O) groups excluding carboxylic acids is 1. The summed E-state index contributed by atoms with van der Waals surface area (Å²) < 4.78 is 28.2. The Morgan fingerprint density at radius 3 is 2.89 bits per heavy atom. The molecule has 0 aliphatic heterocycles. The summed E-state index contributed by atoms with van der Waals surface area (Å²) in [5.74, 6) is 0.100. The molecule has 0 radical (unpaired) electrons. The average Bonchev–Trinajstić information content (AvgIpc) is 2.31. The van der Waals surface area contributed by atoms with E-state index in [-0.39, 0.29) is 31.0 Å². The van der Waals surface area contributed by atoms with Crippen molar-refractivity contribution in [3.63, 3.8) is 0 Å². The third kappa shape index (κ3) is 4.86. The molecular formula is C12H22F2N2O2. The summed E-state index contributed by atoms with van der Waals surface area (Å²) in [6.45, 7) is 1.82. The van der Waals surface area contributed by atoms with Crippen molar-refractivity contribution in [1.82, 2.24) is 5.32 Å². The van der Waals surface area contributed by atoms with Gasteiger partial charge >= 0.3 is 0 Å². The molecule has 0 aromatic rings. The maximum absolute atomic E-state index is 11.9. The Morgan fingerprint density at radius 1 is 1.50 bits per heavy atom. The normalized spacial score (nSPS) is 28.4. The van der Waals surface area contributed by atoms with Crippen LogP contribution in [-0.4, -0.2) is 38.1 Å². The molecule has 1 saturated carbocycles. The van der Waals surface area contributed by atoms with E-state index >= 15 is 0 Å². The first-order chi connectivity index (χ1) is 8.52. The molecule has 3 unspecified atom stereocenters. The lowest BCUT2D eigenvalue weighted by molar-refractivity contribution is -0.127. The van der Waals surface area contributed by atoms with E-state index in [1.165, 1.54) is 0 Å². The first kappa shape index (κ1) is 15.3. The van der Waals surface area contributed by atoms with E-state index in [1.54, 1.807) is 0 Å². The zero-order valence-corrected chi connectivity index (χ0v) is 10.7. The fourth-order valence-corrected chi connectivity index (χ4v) is 2.30. The van der Waals surface area contributed by atoms with Gasteiger partial charge in [-0.3, -0.25) is 4.79 Å². The molecule has 0 heterocycles. The second kappa shape index (κ2) is 7.63. The van der Waals surface area contributed by atoms with Crippen molar-refractivity contribution in [3.8, 4) is 0 Å². The third-order valence-corrected chi connectivity index (χ3v) is 3.42. The predicted octanol–water partition coefficient (Wildman–Crippen LogP) is 1.15. The van der Waals surface area contributed by atoms with E-state index in [9.17, 15) is 13.6 Å². The fraction of sp³-hybridized carbons (Fsp3) is 0.917. The van der Waals surface area contributed by atoms with E-state index in [0.717, 1.165) is 19.3 Å². The summed E-state index contributed by atoms with van der Waals surface area (Å²) in [5.41, 5.74) is 6.00. The van der Waals surface area contributed by atoms with Crippen molar-refractivity contribution in [2.45, 2.75) is 38.7 Å². The predicted molar refractivity (Wildman–Crippen MR) is 64.3 cm³/mol. The van der Waals surface area contributed by atoms with E-state index in [0.29, 0.717) is 5.92 Å². The highest BCUT2D eigenvalue weighted by atomic mass is 19.3. The fourth-order valence-electron chi connectivity index (χ4n) is 2.30. The minimum absolute atomic E-state index is 0.0882. The molecule has 1 rings (SSSR count). The Bertz CT molecular complexity index is 264. The molecule has 1 aliphatic carbocycles. The standard InChI is InChI=1S/C12H22F2N2O2/c1-8-3-2-4-9(11(8)15)12(17)16-5-6-18-7-10(13)14/h8-11H,2-7,15H2,1H3,(H,16,17). The van der Waals surface area contributed by atoms with Crippen LogP contribution in [0.1, 0.15) is 26.2 Å². The van der Waals surface area contributed by atoms with Crippen LogP contribution >= 0.6 is 0 Å². The summed E-state index contributed by atoms with van der Waals surface area (Å²) in [5, 5.41) is 2.69. The van der Waals surface area contributed by atoms with Gasteiger partial charge in [-0.1, -0.05) is 13.3 Å². The third-order valence-electron chi connectivity index (χ3n) is 3.42. The van der Waals surface area contributed by atoms with Gasteiger partial charge in [-0.25, -0.2) is 8.78 Å². The SMILES string of the molecule is CC1CCCC(C(=O)NCCOCC(F)F)C1N. The highest BCUT2D eigenvalue weighted by Gasteiger charge is 2.32. The number of nitrogens with two attached hydrogens (primary N) is 1. The molecule has 6 heteroatoms. The topological polar surface area (TPSA) is 64.3 Å². The zero-order valence-electron chi connectivity index (χ0n) is 10.7. The summed E-state index contributed by atoms with van der Waals surface area (Å²) >= 11 is 0. The van der Waals surface area contributed by atoms with Gasteiger partial charge in [-0.15, -0.1) is 0 Å². The molecule has 3 N–H and O–H groups in total. The molecule has 3 atom stereocenters. The van der Waals surface area contributed by atoms with Gasteiger partial charge in [0.25, 0.3) is 6.43 Å². The lowest BCUT2D eigenvalue weighted by Gasteiger charge is -2.32. The lowest BCUT2D eigenvalue weighted by Crippen LogP contribution is -2.47. The minimum Gasteiger partial charge on any atom is -0.374 e. The Balaban J connectivity index is 2.19. The van der Waals surface area contributed by atoms with E-state index in [2.05, 4.69) is 17.0 Å². The summed E-state index contributed by atoms with van der Waals surface area (Å²) in [6.07, 6.45) is 0.403. The number of ether oxygens (including phenoxy) is 1. The van der Waals surface area contributed by atoms with Gasteiger partial charge in [0.15, 0.2) is 0 Å². The molecule has 18 heavy (non-hydrogen) atoms. The summed E-state index contributed by atoms with van der Waals surface area (Å²) in [7, 11) is 0. The summed E-state index contributed by atoms with van der Waals surface area (Å²) in [6, 6.07) is -0.110. The first-order valence-corrected chi connectivity index (χ1v) is 6.41. The van der Waals surface area contributed by atoms with Gasteiger partial charge in [0.05, 0.1) is 12.5 Å². The van der Waals surface area contributed by atoms with Crippen molar-refractivity contribution in [2.24, 2.45) is 17.6 Å². The second-order valence-electron chi connectivity index (χ2n) is 4.85. The van der Waals surface area contributed by atoms with Crippen LogP contribution in [0, 0.1) is 11.8 Å². The molecule has 0 aromatic carbocycles. The van der Waals surface area contributed by atoms with Gasteiger partial charge < -0.3 is 15.8 Å². The molecule has 1 fully saturated rings. The van der Waals surface area contributed by atoms with Crippen molar-refractivity contribution < 1.29 is 18.3 Å². The van der Waals surface area contributed by atoms with Crippen molar-refractivity contribution >= 4 is 5.91 Å². The first-order valence-electron chi connectivity index (χ1n) is 6.41. The maximum atomic E-state index is 11.9. The molecule has 0 aromatic heterocycles. The van der Waals surface area contributed by atoms with Gasteiger partial charge in [-0.2, -0.15) is 0 Å². The van der Waals surface area contributed by atoms with Crippen LogP contribution in [0.3, 0.4) is 0 Å². The van der Waals surface area contributed by atoms with Crippen LogP contribution in [-0.2, 0) is 9.53 Å². The molecule has 4 nitrogen and oxygen atoms in total. The molecule has 0 bridgehead atoms. The Hall–Kier alpha value is -0.750. The highest BCUT2D eigenvalue weighted by molar-refractivity contribution is 5.79. The van der Waals surface area contributed by atoms with E-state index in [1.807, 2.05) is 0 Å². The van der Waals surface area contributed by atoms with Gasteiger partial charge in [-0.05, 0) is 18.8 Å². The number of carbonyl (C=O) groups is 1. The van der Waals surface area contributed by atoms with Crippen LogP contribution in [0.5, 0.6) is 0 Å². The smallest absolute Gasteiger partial charge is 0.261 e. The van der Waals surface area contributed by atoms with Crippen molar-refractivity contribution in [1.29, 1.82) is 0 Å². The molecule has 1 aliphatic rings. The highest BCUT2D eigenvalue weighted by Crippen LogP contribution is 2.27. The van der Waals surface area contributed by atoms with Gasteiger partial charge in [0.2, 0.25) is 5.91 Å². The van der Waals surface area contributed by atoms with Gasteiger partial charge in [0, 0.05) is 12.6 Å². The van der Waals surface area contributed by atoms with Crippen LogP contribution in [0.15, 0.2) is 0 Å².